The number of hydrogen-bond donors (Lipinski definition) is 2. The Balaban J connectivity index is 0. The third-order valence-electron chi connectivity index (χ3n) is 2.71. The first kappa shape index (κ1) is 17.9. The van der Waals surface area contributed by atoms with Crippen LogP contribution in [-0.4, -0.2) is 12.1 Å². The highest BCUT2D eigenvalue weighted by Gasteiger charge is 2.25. The van der Waals surface area contributed by atoms with Gasteiger partial charge in [-0.15, -0.1) is 24.8 Å². The van der Waals surface area contributed by atoms with Crippen molar-refractivity contribution >= 4 is 24.8 Å². The van der Waals surface area contributed by atoms with E-state index in [2.05, 4.69) is 12.1 Å². The molecule has 2 saturated carbocycles. The average Bonchev–Trinajstić information content (AvgIpc) is 2.08. The molecule has 0 aromatic heterocycles. The number of rotatable bonds is 0. The monoisotopic (exact) mass is 264 g/mol. The lowest BCUT2D eigenvalue weighted by atomic mass is 9.82. The largest absolute Gasteiger partial charge is 0.328 e. The molecule has 2 rings (SSSR count). The van der Waals surface area contributed by atoms with Crippen molar-refractivity contribution in [2.75, 3.05) is 0 Å². The van der Waals surface area contributed by atoms with Gasteiger partial charge in [0.15, 0.2) is 0 Å². The van der Waals surface area contributed by atoms with Gasteiger partial charge in [0.1, 0.15) is 0 Å². The van der Waals surface area contributed by atoms with Crippen molar-refractivity contribution in [2.24, 2.45) is 23.3 Å². The van der Waals surface area contributed by atoms with Gasteiger partial charge in [0.05, 0.1) is 12.1 Å². The molecular formula is C10H18Cl2N4. The summed E-state index contributed by atoms with van der Waals surface area (Å²) >= 11 is 0. The van der Waals surface area contributed by atoms with E-state index in [-0.39, 0.29) is 36.6 Å². The third kappa shape index (κ3) is 5.53. The summed E-state index contributed by atoms with van der Waals surface area (Å²) < 4.78 is 0. The molecule has 2 aliphatic carbocycles. The summed E-state index contributed by atoms with van der Waals surface area (Å²) in [6, 6.07) is 4.95. The van der Waals surface area contributed by atoms with E-state index < -0.39 is 0 Å². The lowest BCUT2D eigenvalue weighted by molar-refractivity contribution is 0.332. The zero-order chi connectivity index (χ0) is 10.6. The zero-order valence-corrected chi connectivity index (χ0v) is 10.6. The topological polar surface area (TPSA) is 99.6 Å². The van der Waals surface area contributed by atoms with Crippen LogP contribution < -0.4 is 11.5 Å². The van der Waals surface area contributed by atoms with E-state index in [9.17, 15) is 0 Å². The van der Waals surface area contributed by atoms with Crippen LogP contribution in [0.1, 0.15) is 25.7 Å². The van der Waals surface area contributed by atoms with Gasteiger partial charge in [-0.2, -0.15) is 10.5 Å². The van der Waals surface area contributed by atoms with Crippen LogP contribution in [0.4, 0.5) is 0 Å². The van der Waals surface area contributed by atoms with Gasteiger partial charge in [0, 0.05) is 23.9 Å². The van der Waals surface area contributed by atoms with Crippen LogP contribution in [0.2, 0.25) is 0 Å². The maximum absolute atomic E-state index is 8.20. The molecule has 0 radical (unpaired) electrons. The van der Waals surface area contributed by atoms with Crippen LogP contribution in [0.25, 0.3) is 0 Å². The van der Waals surface area contributed by atoms with E-state index in [1.165, 1.54) is 0 Å². The van der Waals surface area contributed by atoms with Crippen LogP contribution in [0.15, 0.2) is 0 Å². The molecule has 2 aliphatic rings. The summed E-state index contributed by atoms with van der Waals surface area (Å²) in [6.07, 6.45) is 3.65. The first-order chi connectivity index (χ1) is 6.65. The second kappa shape index (κ2) is 8.61. The fourth-order valence-electron chi connectivity index (χ4n) is 1.53. The SMILES string of the molecule is Cl.Cl.N#CC1CC(N)C1.N#CC1CC(N)C1. The molecule has 16 heavy (non-hydrogen) atoms. The van der Waals surface area contributed by atoms with E-state index in [1.807, 2.05) is 0 Å². The number of hydrogen-bond acceptors (Lipinski definition) is 4. The Kier molecular flexibility index (Phi) is 9.61. The molecule has 0 aromatic rings. The summed E-state index contributed by atoms with van der Waals surface area (Å²) in [4.78, 5) is 0. The second-order valence-corrected chi connectivity index (χ2v) is 4.12. The molecular weight excluding hydrogens is 247 g/mol. The van der Waals surface area contributed by atoms with E-state index in [4.69, 9.17) is 22.0 Å². The minimum absolute atomic E-state index is 0. The maximum atomic E-state index is 8.20. The molecule has 4 nitrogen and oxygen atoms in total. The van der Waals surface area contributed by atoms with Crippen LogP contribution in [0.3, 0.4) is 0 Å². The van der Waals surface area contributed by atoms with Crippen molar-refractivity contribution < 1.29 is 0 Å². The number of nitrogens with zero attached hydrogens (tertiary/aromatic N) is 2. The molecule has 0 amide bonds. The lowest BCUT2D eigenvalue weighted by Crippen LogP contribution is -2.35. The Morgan fingerprint density at radius 2 is 1.00 bits per heavy atom. The van der Waals surface area contributed by atoms with Gasteiger partial charge in [0.2, 0.25) is 0 Å². The van der Waals surface area contributed by atoms with Crippen molar-refractivity contribution in [1.29, 1.82) is 10.5 Å². The Morgan fingerprint density at radius 1 is 0.750 bits per heavy atom. The van der Waals surface area contributed by atoms with Gasteiger partial charge in [-0.05, 0) is 25.7 Å². The molecule has 0 aromatic carbocycles. The van der Waals surface area contributed by atoms with Crippen LogP contribution in [-0.2, 0) is 0 Å². The summed E-state index contributed by atoms with van der Waals surface area (Å²) in [7, 11) is 0. The van der Waals surface area contributed by atoms with E-state index in [0.717, 1.165) is 25.7 Å². The molecule has 92 valence electrons. The molecule has 6 heteroatoms. The van der Waals surface area contributed by atoms with Crippen LogP contribution in [0.5, 0.6) is 0 Å². The molecule has 0 spiro atoms. The van der Waals surface area contributed by atoms with Crippen LogP contribution in [0, 0.1) is 34.5 Å². The van der Waals surface area contributed by atoms with E-state index >= 15 is 0 Å². The van der Waals surface area contributed by atoms with Crippen LogP contribution >= 0.6 is 24.8 Å². The lowest BCUT2D eigenvalue weighted by Gasteiger charge is -2.25. The fraction of sp³-hybridized carbons (Fsp3) is 0.800. The molecule has 2 fully saturated rings. The smallest absolute Gasteiger partial charge is 0.0657 e. The number of nitriles is 2. The Hall–Kier alpha value is -0.520. The summed E-state index contributed by atoms with van der Waals surface area (Å²) in [5.74, 6) is 0.546. The Bertz CT molecular complexity index is 231. The number of nitrogens with two attached hydrogens (primary N) is 2. The van der Waals surface area contributed by atoms with E-state index in [0.29, 0.717) is 12.1 Å². The quantitative estimate of drug-likeness (QED) is 0.690. The summed E-state index contributed by atoms with van der Waals surface area (Å²) in [6.45, 7) is 0. The van der Waals surface area contributed by atoms with Crippen molar-refractivity contribution in [2.45, 2.75) is 37.8 Å². The minimum atomic E-state index is 0. The highest BCUT2D eigenvalue weighted by molar-refractivity contribution is 5.85. The predicted molar refractivity (Wildman–Crippen MR) is 67.1 cm³/mol. The molecule has 0 aliphatic heterocycles. The van der Waals surface area contributed by atoms with Crippen molar-refractivity contribution in [3.63, 3.8) is 0 Å². The van der Waals surface area contributed by atoms with E-state index in [1.54, 1.807) is 0 Å². The van der Waals surface area contributed by atoms with Gasteiger partial charge in [-0.25, -0.2) is 0 Å². The predicted octanol–water partition coefficient (Wildman–Crippen LogP) is 1.34. The average molecular weight is 265 g/mol. The minimum Gasteiger partial charge on any atom is -0.328 e. The molecule has 0 unspecified atom stereocenters. The Morgan fingerprint density at radius 3 is 1.06 bits per heavy atom. The zero-order valence-electron chi connectivity index (χ0n) is 9.00. The van der Waals surface area contributed by atoms with Gasteiger partial charge in [-0.1, -0.05) is 0 Å². The van der Waals surface area contributed by atoms with Gasteiger partial charge < -0.3 is 11.5 Å². The van der Waals surface area contributed by atoms with Crippen molar-refractivity contribution in [3.05, 3.63) is 0 Å². The molecule has 0 atom stereocenters. The highest BCUT2D eigenvalue weighted by atomic mass is 35.5. The first-order valence-electron chi connectivity index (χ1n) is 4.96. The summed E-state index contributed by atoms with van der Waals surface area (Å²) in [5, 5.41) is 16.4. The van der Waals surface area contributed by atoms with Gasteiger partial charge in [-0.3, -0.25) is 0 Å². The van der Waals surface area contributed by atoms with Gasteiger partial charge in [0.25, 0.3) is 0 Å². The molecule has 0 heterocycles. The molecule has 0 bridgehead atoms. The standard InChI is InChI=1S/2C5H8N2.2ClH/c2*6-3-4-1-5(7)2-4;;/h2*4-5H,1-2,7H2;2*1H. The first-order valence-corrected chi connectivity index (χ1v) is 4.96. The van der Waals surface area contributed by atoms with Gasteiger partial charge >= 0.3 is 0 Å². The fourth-order valence-corrected chi connectivity index (χ4v) is 1.53. The molecule has 0 saturated heterocycles. The normalized spacial score (nSPS) is 34.0. The Labute approximate surface area is 109 Å². The van der Waals surface area contributed by atoms with Crippen molar-refractivity contribution in [3.8, 4) is 12.1 Å². The highest BCUT2D eigenvalue weighted by Crippen LogP contribution is 2.24. The molecule has 4 N–H and O–H groups in total. The maximum Gasteiger partial charge on any atom is 0.0657 e. The van der Waals surface area contributed by atoms with Crippen molar-refractivity contribution in [1.82, 2.24) is 0 Å². The third-order valence-corrected chi connectivity index (χ3v) is 2.71. The second-order valence-electron chi connectivity index (χ2n) is 4.12. The number of halogens is 2. The summed E-state index contributed by atoms with van der Waals surface area (Å²) in [5.41, 5.74) is 10.8.